The Balaban J connectivity index is 2.67. The lowest BCUT2D eigenvalue weighted by atomic mass is 9.71. The van der Waals surface area contributed by atoms with E-state index >= 15 is 0 Å². The van der Waals surface area contributed by atoms with Gasteiger partial charge in [0.15, 0.2) is 0 Å². The lowest BCUT2D eigenvalue weighted by molar-refractivity contribution is 0.0160. The van der Waals surface area contributed by atoms with Gasteiger partial charge in [-0.25, -0.2) is 0 Å². The minimum atomic E-state index is -0.0903. The van der Waals surface area contributed by atoms with E-state index < -0.39 is 0 Å². The van der Waals surface area contributed by atoms with Crippen LogP contribution in [-0.4, -0.2) is 13.2 Å². The SMILES string of the molecule is CCC(C)C1(C#N)CCOCC1. The second-order valence-corrected chi connectivity index (χ2v) is 3.69. The number of nitriles is 1. The molecule has 1 atom stereocenters. The van der Waals surface area contributed by atoms with Crippen LogP contribution >= 0.6 is 0 Å². The lowest BCUT2D eigenvalue weighted by Gasteiger charge is -2.35. The van der Waals surface area contributed by atoms with Gasteiger partial charge in [0.1, 0.15) is 0 Å². The van der Waals surface area contributed by atoms with E-state index in [1.54, 1.807) is 0 Å². The van der Waals surface area contributed by atoms with Crippen LogP contribution in [0.3, 0.4) is 0 Å². The van der Waals surface area contributed by atoms with Crippen LogP contribution < -0.4 is 0 Å². The average Bonchev–Trinajstić information content (AvgIpc) is 2.17. The van der Waals surface area contributed by atoms with Gasteiger partial charge in [-0.2, -0.15) is 5.26 Å². The fraction of sp³-hybridized carbons (Fsp3) is 0.900. The molecule has 68 valence electrons. The Morgan fingerprint density at radius 1 is 1.50 bits per heavy atom. The van der Waals surface area contributed by atoms with Crippen LogP contribution in [0, 0.1) is 22.7 Å². The van der Waals surface area contributed by atoms with Crippen LogP contribution in [0.5, 0.6) is 0 Å². The van der Waals surface area contributed by atoms with Crippen LogP contribution in [0.15, 0.2) is 0 Å². The van der Waals surface area contributed by atoms with Gasteiger partial charge in [0.05, 0.1) is 11.5 Å². The van der Waals surface area contributed by atoms with E-state index in [1.165, 1.54) is 0 Å². The molecule has 0 aromatic heterocycles. The average molecular weight is 167 g/mol. The molecule has 0 aromatic rings. The van der Waals surface area contributed by atoms with Crippen molar-refractivity contribution in [3.63, 3.8) is 0 Å². The van der Waals surface area contributed by atoms with Crippen LogP contribution in [0.4, 0.5) is 0 Å². The molecule has 0 aliphatic carbocycles. The highest BCUT2D eigenvalue weighted by molar-refractivity contribution is 5.02. The summed E-state index contributed by atoms with van der Waals surface area (Å²) in [6.07, 6.45) is 2.92. The van der Waals surface area contributed by atoms with Crippen molar-refractivity contribution in [2.24, 2.45) is 11.3 Å². The zero-order valence-corrected chi connectivity index (χ0v) is 7.97. The molecule has 1 saturated heterocycles. The Bertz CT molecular complexity index is 177. The molecule has 2 nitrogen and oxygen atoms in total. The van der Waals surface area contributed by atoms with Gasteiger partial charge in [-0.05, 0) is 18.8 Å². The van der Waals surface area contributed by atoms with Crippen molar-refractivity contribution >= 4 is 0 Å². The fourth-order valence-corrected chi connectivity index (χ4v) is 1.84. The predicted octanol–water partition coefficient (Wildman–Crippen LogP) is 2.35. The monoisotopic (exact) mass is 167 g/mol. The van der Waals surface area contributed by atoms with E-state index in [9.17, 15) is 0 Å². The van der Waals surface area contributed by atoms with Gasteiger partial charge in [0.2, 0.25) is 0 Å². The number of rotatable bonds is 2. The van der Waals surface area contributed by atoms with E-state index in [4.69, 9.17) is 10.00 Å². The first-order valence-electron chi connectivity index (χ1n) is 4.74. The van der Waals surface area contributed by atoms with Crippen LogP contribution in [0.25, 0.3) is 0 Å². The normalized spacial score (nSPS) is 24.4. The topological polar surface area (TPSA) is 33.0 Å². The fourth-order valence-electron chi connectivity index (χ4n) is 1.84. The van der Waals surface area contributed by atoms with E-state index in [1.807, 2.05) is 0 Å². The quantitative estimate of drug-likeness (QED) is 0.632. The third kappa shape index (κ3) is 1.61. The largest absolute Gasteiger partial charge is 0.381 e. The summed E-state index contributed by atoms with van der Waals surface area (Å²) in [5.74, 6) is 0.506. The molecule has 0 amide bonds. The molecule has 0 radical (unpaired) electrons. The van der Waals surface area contributed by atoms with E-state index in [0.29, 0.717) is 5.92 Å². The minimum Gasteiger partial charge on any atom is -0.381 e. The zero-order chi connectivity index (χ0) is 9.03. The molecular formula is C10H17NO. The van der Waals surface area contributed by atoms with Crippen LogP contribution in [0.2, 0.25) is 0 Å². The Labute approximate surface area is 74.5 Å². The van der Waals surface area contributed by atoms with Gasteiger partial charge >= 0.3 is 0 Å². The summed E-state index contributed by atoms with van der Waals surface area (Å²) in [4.78, 5) is 0. The Morgan fingerprint density at radius 3 is 2.50 bits per heavy atom. The molecule has 1 unspecified atom stereocenters. The highest BCUT2D eigenvalue weighted by Gasteiger charge is 2.36. The minimum absolute atomic E-state index is 0.0903. The van der Waals surface area contributed by atoms with Crippen LogP contribution in [-0.2, 0) is 4.74 Å². The summed E-state index contributed by atoms with van der Waals surface area (Å²) in [6, 6.07) is 2.49. The molecule has 1 heterocycles. The van der Waals surface area contributed by atoms with Crippen molar-refractivity contribution in [1.29, 1.82) is 5.26 Å². The van der Waals surface area contributed by atoms with Gasteiger partial charge in [-0.15, -0.1) is 0 Å². The van der Waals surface area contributed by atoms with Gasteiger partial charge in [-0.3, -0.25) is 0 Å². The third-order valence-corrected chi connectivity index (χ3v) is 3.16. The summed E-state index contributed by atoms with van der Waals surface area (Å²) in [6.45, 7) is 5.85. The summed E-state index contributed by atoms with van der Waals surface area (Å²) >= 11 is 0. The molecule has 1 fully saturated rings. The maximum atomic E-state index is 9.14. The molecule has 0 saturated carbocycles. The van der Waals surface area contributed by atoms with E-state index in [0.717, 1.165) is 32.5 Å². The van der Waals surface area contributed by atoms with Crippen molar-refractivity contribution < 1.29 is 4.74 Å². The smallest absolute Gasteiger partial charge is 0.0694 e. The molecule has 1 aliphatic rings. The molecule has 1 aliphatic heterocycles. The van der Waals surface area contributed by atoms with Gasteiger partial charge in [0.25, 0.3) is 0 Å². The Morgan fingerprint density at radius 2 is 2.08 bits per heavy atom. The maximum Gasteiger partial charge on any atom is 0.0694 e. The summed E-state index contributed by atoms with van der Waals surface area (Å²) < 4.78 is 5.27. The first-order chi connectivity index (χ1) is 5.75. The van der Waals surface area contributed by atoms with Gasteiger partial charge in [-0.1, -0.05) is 20.3 Å². The number of nitrogens with zero attached hydrogens (tertiary/aromatic N) is 1. The highest BCUT2D eigenvalue weighted by Crippen LogP contribution is 2.38. The van der Waals surface area contributed by atoms with Gasteiger partial charge in [0, 0.05) is 13.2 Å². The Hall–Kier alpha value is -0.550. The number of ether oxygens (including phenoxy) is 1. The molecule has 12 heavy (non-hydrogen) atoms. The van der Waals surface area contributed by atoms with E-state index in [-0.39, 0.29) is 5.41 Å². The second kappa shape index (κ2) is 3.91. The third-order valence-electron chi connectivity index (χ3n) is 3.16. The molecular weight excluding hydrogens is 150 g/mol. The molecule has 0 spiro atoms. The first-order valence-corrected chi connectivity index (χ1v) is 4.74. The summed E-state index contributed by atoms with van der Waals surface area (Å²) in [5.41, 5.74) is -0.0903. The molecule has 0 bridgehead atoms. The number of hydrogen-bond acceptors (Lipinski definition) is 2. The first kappa shape index (κ1) is 9.54. The summed E-state index contributed by atoms with van der Waals surface area (Å²) in [5, 5.41) is 9.14. The highest BCUT2D eigenvalue weighted by atomic mass is 16.5. The summed E-state index contributed by atoms with van der Waals surface area (Å²) in [7, 11) is 0. The molecule has 1 rings (SSSR count). The van der Waals surface area contributed by atoms with Crippen molar-refractivity contribution in [1.82, 2.24) is 0 Å². The van der Waals surface area contributed by atoms with Crippen LogP contribution in [0.1, 0.15) is 33.1 Å². The van der Waals surface area contributed by atoms with Crippen molar-refractivity contribution in [3.05, 3.63) is 0 Å². The zero-order valence-electron chi connectivity index (χ0n) is 7.97. The standard InChI is InChI=1S/C10H17NO/c1-3-9(2)10(8-11)4-6-12-7-5-10/h9H,3-7H2,1-2H3. The predicted molar refractivity (Wildman–Crippen MR) is 47.6 cm³/mol. The van der Waals surface area contributed by atoms with Crippen molar-refractivity contribution in [2.75, 3.05) is 13.2 Å². The van der Waals surface area contributed by atoms with Gasteiger partial charge < -0.3 is 4.74 Å². The molecule has 0 N–H and O–H groups in total. The molecule has 0 aromatic carbocycles. The van der Waals surface area contributed by atoms with Crippen molar-refractivity contribution in [2.45, 2.75) is 33.1 Å². The lowest BCUT2D eigenvalue weighted by Crippen LogP contribution is -2.33. The Kier molecular flexibility index (Phi) is 3.11. The van der Waals surface area contributed by atoms with Crippen molar-refractivity contribution in [3.8, 4) is 6.07 Å². The molecule has 2 heteroatoms. The number of hydrogen-bond donors (Lipinski definition) is 0. The maximum absolute atomic E-state index is 9.14. The van der Waals surface area contributed by atoms with E-state index in [2.05, 4.69) is 19.9 Å². The second-order valence-electron chi connectivity index (χ2n) is 3.69.